The normalized spacial score (nSPS) is 11.8. The van der Waals surface area contributed by atoms with Crippen molar-refractivity contribution in [1.29, 1.82) is 0 Å². The number of carbonyl (C=O) groups excluding carboxylic acids is 1. The third kappa shape index (κ3) is 4.89. The van der Waals surface area contributed by atoms with Gasteiger partial charge in [-0.2, -0.15) is 0 Å². The molecule has 0 fully saturated rings. The van der Waals surface area contributed by atoms with Crippen LogP contribution in [0.25, 0.3) is 5.69 Å². The van der Waals surface area contributed by atoms with Crippen LogP contribution in [0.2, 0.25) is 0 Å². The molecule has 1 atom stereocenters. The summed E-state index contributed by atoms with van der Waals surface area (Å²) in [7, 11) is 0. The van der Waals surface area contributed by atoms with Crippen molar-refractivity contribution in [3.63, 3.8) is 0 Å². The highest BCUT2D eigenvalue weighted by molar-refractivity contribution is 7.99. The maximum atomic E-state index is 12.9. The minimum atomic E-state index is -0.316. The number of benzene rings is 2. The van der Waals surface area contributed by atoms with Crippen molar-refractivity contribution in [2.45, 2.75) is 32.0 Å². The SMILES string of the molecule is Cc1ccc(C)c(-n2c(C)nnc2SCC(=O)NC(c2ccccc2)c2ccccn2)c1. The summed E-state index contributed by atoms with van der Waals surface area (Å²) in [5, 5.41) is 12.4. The van der Waals surface area contributed by atoms with Crippen LogP contribution in [0.5, 0.6) is 0 Å². The number of hydrogen-bond donors (Lipinski definition) is 1. The van der Waals surface area contributed by atoms with E-state index in [-0.39, 0.29) is 17.7 Å². The summed E-state index contributed by atoms with van der Waals surface area (Å²) in [6.07, 6.45) is 1.74. The molecule has 7 heteroatoms. The van der Waals surface area contributed by atoms with E-state index >= 15 is 0 Å². The summed E-state index contributed by atoms with van der Waals surface area (Å²) in [6.45, 7) is 6.04. The van der Waals surface area contributed by atoms with Gasteiger partial charge in [0.1, 0.15) is 5.82 Å². The molecule has 0 saturated heterocycles. The molecule has 0 saturated carbocycles. The lowest BCUT2D eigenvalue weighted by Crippen LogP contribution is -2.31. The second kappa shape index (κ2) is 9.78. The summed E-state index contributed by atoms with van der Waals surface area (Å²) in [5.41, 5.74) is 5.11. The number of amides is 1. The summed E-state index contributed by atoms with van der Waals surface area (Å²) in [5.74, 6) is 0.916. The van der Waals surface area contributed by atoms with Crippen LogP contribution in [0.15, 0.2) is 78.1 Å². The van der Waals surface area contributed by atoms with E-state index in [4.69, 9.17) is 0 Å². The van der Waals surface area contributed by atoms with E-state index in [1.165, 1.54) is 11.8 Å². The molecule has 4 rings (SSSR count). The Bertz CT molecular complexity index is 1170. The third-order valence-electron chi connectivity index (χ3n) is 5.15. The van der Waals surface area contributed by atoms with E-state index in [9.17, 15) is 4.79 Å². The lowest BCUT2D eigenvalue weighted by molar-refractivity contribution is -0.119. The second-order valence-electron chi connectivity index (χ2n) is 7.61. The number of thioether (sulfide) groups is 1. The maximum absolute atomic E-state index is 12.9. The summed E-state index contributed by atoms with van der Waals surface area (Å²) in [6, 6.07) is 21.5. The van der Waals surface area contributed by atoms with Gasteiger partial charge in [-0.25, -0.2) is 0 Å². The van der Waals surface area contributed by atoms with E-state index in [1.54, 1.807) is 6.20 Å². The van der Waals surface area contributed by atoms with Crippen LogP contribution in [-0.4, -0.2) is 31.4 Å². The number of hydrogen-bond acceptors (Lipinski definition) is 5. The van der Waals surface area contributed by atoms with Crippen LogP contribution in [0.3, 0.4) is 0 Å². The highest BCUT2D eigenvalue weighted by atomic mass is 32.2. The molecule has 162 valence electrons. The minimum absolute atomic E-state index is 0.0947. The zero-order valence-electron chi connectivity index (χ0n) is 18.3. The van der Waals surface area contributed by atoms with E-state index < -0.39 is 0 Å². The first-order chi connectivity index (χ1) is 15.5. The van der Waals surface area contributed by atoms with Crippen molar-refractivity contribution in [3.05, 3.63) is 101 Å². The van der Waals surface area contributed by atoms with Gasteiger partial charge in [0.15, 0.2) is 5.16 Å². The van der Waals surface area contributed by atoms with Gasteiger partial charge in [0, 0.05) is 6.20 Å². The van der Waals surface area contributed by atoms with Crippen molar-refractivity contribution < 1.29 is 4.79 Å². The van der Waals surface area contributed by atoms with E-state index in [1.807, 2.05) is 60.0 Å². The predicted octanol–water partition coefficient (Wildman–Crippen LogP) is 4.59. The number of nitrogens with one attached hydrogen (secondary N) is 1. The zero-order chi connectivity index (χ0) is 22.5. The van der Waals surface area contributed by atoms with Crippen molar-refractivity contribution in [3.8, 4) is 5.69 Å². The van der Waals surface area contributed by atoms with Gasteiger partial charge >= 0.3 is 0 Å². The molecule has 4 aromatic rings. The lowest BCUT2D eigenvalue weighted by Gasteiger charge is -2.19. The summed E-state index contributed by atoms with van der Waals surface area (Å²) in [4.78, 5) is 17.4. The molecule has 0 aliphatic carbocycles. The summed E-state index contributed by atoms with van der Waals surface area (Å²) >= 11 is 1.37. The van der Waals surface area contributed by atoms with Crippen molar-refractivity contribution >= 4 is 17.7 Å². The Labute approximate surface area is 192 Å². The zero-order valence-corrected chi connectivity index (χ0v) is 19.1. The highest BCUT2D eigenvalue weighted by Gasteiger charge is 2.20. The van der Waals surface area contributed by atoms with Gasteiger partial charge in [0.25, 0.3) is 0 Å². The standard InChI is InChI=1S/C25H25N5OS/c1-17-12-13-18(2)22(15-17)30-19(3)28-29-25(30)32-16-23(31)27-24(20-9-5-4-6-10-20)21-11-7-8-14-26-21/h4-15,24H,16H2,1-3H3,(H,27,31). The molecule has 6 nitrogen and oxygen atoms in total. The van der Waals surface area contributed by atoms with Crippen LogP contribution in [0.1, 0.15) is 34.3 Å². The third-order valence-corrected chi connectivity index (χ3v) is 6.08. The van der Waals surface area contributed by atoms with Crippen molar-refractivity contribution in [2.75, 3.05) is 5.75 Å². The Morgan fingerprint density at radius 1 is 1.00 bits per heavy atom. The quantitative estimate of drug-likeness (QED) is 0.423. The fourth-order valence-electron chi connectivity index (χ4n) is 3.53. The number of aromatic nitrogens is 4. The average molecular weight is 444 g/mol. The number of nitrogens with zero attached hydrogens (tertiary/aromatic N) is 4. The van der Waals surface area contributed by atoms with Crippen LogP contribution in [-0.2, 0) is 4.79 Å². The molecule has 1 amide bonds. The highest BCUT2D eigenvalue weighted by Crippen LogP contribution is 2.25. The molecule has 2 aromatic carbocycles. The van der Waals surface area contributed by atoms with Gasteiger partial charge in [-0.05, 0) is 55.7 Å². The predicted molar refractivity (Wildman–Crippen MR) is 127 cm³/mol. The average Bonchev–Trinajstić information content (AvgIpc) is 3.19. The van der Waals surface area contributed by atoms with Gasteiger partial charge in [-0.15, -0.1) is 10.2 Å². The number of carbonyl (C=O) groups is 1. The molecular weight excluding hydrogens is 418 g/mol. The van der Waals surface area contributed by atoms with Gasteiger partial charge in [-0.1, -0.05) is 60.3 Å². The summed E-state index contributed by atoms with van der Waals surface area (Å²) < 4.78 is 2.01. The molecule has 1 N–H and O–H groups in total. The molecule has 0 spiro atoms. The van der Waals surface area contributed by atoms with Gasteiger partial charge in [0.2, 0.25) is 5.91 Å². The Balaban J connectivity index is 1.52. The molecule has 0 aliphatic rings. The monoisotopic (exact) mass is 443 g/mol. The molecule has 0 bridgehead atoms. The molecule has 0 radical (unpaired) electrons. The van der Waals surface area contributed by atoms with Gasteiger partial charge < -0.3 is 5.32 Å². The van der Waals surface area contributed by atoms with Gasteiger partial charge in [-0.3, -0.25) is 14.3 Å². The first kappa shape index (κ1) is 21.8. The number of aryl methyl sites for hydroxylation is 3. The first-order valence-electron chi connectivity index (χ1n) is 10.4. The van der Waals surface area contributed by atoms with Crippen LogP contribution in [0, 0.1) is 20.8 Å². The molecule has 2 aromatic heterocycles. The molecule has 2 heterocycles. The van der Waals surface area contributed by atoms with Crippen LogP contribution >= 0.6 is 11.8 Å². The fraction of sp³-hybridized carbons (Fsp3) is 0.200. The van der Waals surface area contributed by atoms with E-state index in [0.717, 1.165) is 33.9 Å². The minimum Gasteiger partial charge on any atom is -0.343 e. The van der Waals surface area contributed by atoms with Crippen LogP contribution < -0.4 is 5.32 Å². The molecule has 0 aliphatic heterocycles. The van der Waals surface area contributed by atoms with Crippen molar-refractivity contribution in [1.82, 2.24) is 25.1 Å². The van der Waals surface area contributed by atoms with Gasteiger partial charge in [0.05, 0.1) is 23.2 Å². The molecular formula is C25H25N5OS. The molecule has 32 heavy (non-hydrogen) atoms. The smallest absolute Gasteiger partial charge is 0.231 e. The maximum Gasteiger partial charge on any atom is 0.231 e. The second-order valence-corrected chi connectivity index (χ2v) is 8.55. The fourth-order valence-corrected chi connectivity index (χ4v) is 4.33. The molecule has 1 unspecified atom stereocenters. The lowest BCUT2D eigenvalue weighted by atomic mass is 10.0. The Morgan fingerprint density at radius 3 is 2.53 bits per heavy atom. The Morgan fingerprint density at radius 2 is 1.78 bits per heavy atom. The Kier molecular flexibility index (Phi) is 6.66. The number of pyridine rings is 1. The van der Waals surface area contributed by atoms with Crippen molar-refractivity contribution in [2.24, 2.45) is 0 Å². The largest absolute Gasteiger partial charge is 0.343 e. The first-order valence-corrected chi connectivity index (χ1v) is 11.4. The van der Waals surface area contributed by atoms with E-state index in [2.05, 4.69) is 52.5 Å². The number of rotatable bonds is 7. The topological polar surface area (TPSA) is 72.7 Å². The Hall–Kier alpha value is -3.45. The van der Waals surface area contributed by atoms with Crippen LogP contribution in [0.4, 0.5) is 0 Å². The van der Waals surface area contributed by atoms with E-state index in [0.29, 0.717) is 5.16 Å².